The number of pyridine rings is 1. The standard InChI is InChI=1S/C18H15N3O6/c1-19-12-5-3-2-4-10(12)7-21-13-9-27-8-11(13)16(24)15(18(21)26)17(25)20-6-14(22)23/h2-5,24H,6-9H2,(H,20,25)(H,22,23). The van der Waals surface area contributed by atoms with Gasteiger partial charge < -0.3 is 24.8 Å². The number of ether oxygens (including phenoxy) is 1. The van der Waals surface area contributed by atoms with E-state index in [1.807, 2.05) is 0 Å². The van der Waals surface area contributed by atoms with E-state index in [0.29, 0.717) is 22.5 Å². The Bertz CT molecular complexity index is 1030. The summed E-state index contributed by atoms with van der Waals surface area (Å²) < 4.78 is 6.59. The van der Waals surface area contributed by atoms with Crippen LogP contribution >= 0.6 is 0 Å². The molecule has 1 aromatic carbocycles. The molecule has 27 heavy (non-hydrogen) atoms. The van der Waals surface area contributed by atoms with Crippen molar-refractivity contribution in [2.75, 3.05) is 6.54 Å². The van der Waals surface area contributed by atoms with E-state index >= 15 is 0 Å². The minimum Gasteiger partial charge on any atom is -0.506 e. The molecule has 1 aliphatic heterocycles. The lowest BCUT2D eigenvalue weighted by Gasteiger charge is -2.16. The molecular formula is C18H15N3O6. The Morgan fingerprint density at radius 2 is 2.04 bits per heavy atom. The minimum atomic E-state index is -1.28. The number of fused-ring (bicyclic) bond motifs is 1. The number of carbonyl (C=O) groups is 2. The summed E-state index contributed by atoms with van der Waals surface area (Å²) in [4.78, 5) is 39.3. The molecule has 9 heteroatoms. The predicted octanol–water partition coefficient (Wildman–Crippen LogP) is 0.998. The van der Waals surface area contributed by atoms with Crippen molar-refractivity contribution in [3.63, 3.8) is 0 Å². The lowest BCUT2D eigenvalue weighted by molar-refractivity contribution is -0.135. The van der Waals surface area contributed by atoms with Gasteiger partial charge in [-0.3, -0.25) is 14.4 Å². The monoisotopic (exact) mass is 369 g/mol. The van der Waals surface area contributed by atoms with E-state index in [-0.39, 0.29) is 19.8 Å². The maximum absolute atomic E-state index is 12.9. The summed E-state index contributed by atoms with van der Waals surface area (Å²) in [5.41, 5.74) is 0.343. The van der Waals surface area contributed by atoms with Crippen molar-refractivity contribution in [3.05, 3.63) is 68.4 Å². The van der Waals surface area contributed by atoms with Gasteiger partial charge in [-0.05, 0) is 5.56 Å². The van der Waals surface area contributed by atoms with E-state index in [1.165, 1.54) is 4.57 Å². The maximum atomic E-state index is 12.9. The highest BCUT2D eigenvalue weighted by atomic mass is 16.5. The van der Waals surface area contributed by atoms with E-state index in [2.05, 4.69) is 10.2 Å². The van der Waals surface area contributed by atoms with Gasteiger partial charge >= 0.3 is 5.97 Å². The highest BCUT2D eigenvalue weighted by Gasteiger charge is 2.29. The molecule has 1 aromatic heterocycles. The van der Waals surface area contributed by atoms with Crippen molar-refractivity contribution in [2.45, 2.75) is 19.8 Å². The van der Waals surface area contributed by atoms with E-state index in [4.69, 9.17) is 16.4 Å². The summed E-state index contributed by atoms with van der Waals surface area (Å²) in [7, 11) is 0. The molecule has 0 spiro atoms. The predicted molar refractivity (Wildman–Crippen MR) is 92.6 cm³/mol. The van der Waals surface area contributed by atoms with E-state index < -0.39 is 35.3 Å². The molecule has 0 saturated heterocycles. The Morgan fingerprint density at radius 3 is 2.74 bits per heavy atom. The van der Waals surface area contributed by atoms with E-state index in [9.17, 15) is 19.5 Å². The summed E-state index contributed by atoms with van der Waals surface area (Å²) in [6, 6.07) is 6.74. The van der Waals surface area contributed by atoms with Crippen molar-refractivity contribution in [1.29, 1.82) is 0 Å². The fourth-order valence-corrected chi connectivity index (χ4v) is 2.92. The van der Waals surface area contributed by atoms with Gasteiger partial charge in [-0.2, -0.15) is 0 Å². The van der Waals surface area contributed by atoms with Crippen molar-refractivity contribution >= 4 is 17.6 Å². The molecule has 0 atom stereocenters. The van der Waals surface area contributed by atoms with Crippen LogP contribution in [-0.4, -0.2) is 33.2 Å². The first-order valence-electron chi connectivity index (χ1n) is 7.94. The average molecular weight is 369 g/mol. The lowest BCUT2D eigenvalue weighted by atomic mass is 10.1. The number of carboxylic acid groups (broad SMARTS) is 1. The zero-order chi connectivity index (χ0) is 19.6. The van der Waals surface area contributed by atoms with Gasteiger partial charge in [0.15, 0.2) is 5.69 Å². The molecular weight excluding hydrogens is 354 g/mol. The number of carboxylic acids is 1. The topological polar surface area (TPSA) is 122 Å². The molecule has 0 saturated carbocycles. The first kappa shape index (κ1) is 18.2. The number of nitrogens with zero attached hydrogens (tertiary/aromatic N) is 2. The third-order valence-corrected chi connectivity index (χ3v) is 4.21. The van der Waals surface area contributed by atoms with Crippen molar-refractivity contribution in [3.8, 4) is 5.75 Å². The number of amides is 1. The normalized spacial score (nSPS) is 12.3. The summed E-state index contributed by atoms with van der Waals surface area (Å²) in [5.74, 6) is -2.77. The SMILES string of the molecule is [C-]#[N+]c1ccccc1Cn1c2c(c(O)c(C(=O)NCC(=O)O)c1=O)COC2. The molecule has 0 bridgehead atoms. The van der Waals surface area contributed by atoms with Gasteiger partial charge in [0.2, 0.25) is 0 Å². The molecule has 1 amide bonds. The second-order valence-corrected chi connectivity index (χ2v) is 5.85. The Kier molecular flexibility index (Phi) is 4.92. The number of aromatic hydroxyl groups is 1. The van der Waals surface area contributed by atoms with Crippen molar-refractivity contribution < 1.29 is 24.5 Å². The van der Waals surface area contributed by atoms with E-state index in [1.54, 1.807) is 24.3 Å². The molecule has 3 N–H and O–H groups in total. The Hall–Kier alpha value is -3.64. The van der Waals surface area contributed by atoms with Crippen LogP contribution in [0.2, 0.25) is 0 Å². The Labute approximate surface area is 153 Å². The number of nitrogens with one attached hydrogen (secondary N) is 1. The second kappa shape index (κ2) is 7.31. The smallest absolute Gasteiger partial charge is 0.322 e. The molecule has 0 unspecified atom stereocenters. The number of benzene rings is 1. The quantitative estimate of drug-likeness (QED) is 0.676. The van der Waals surface area contributed by atoms with Gasteiger partial charge in [0.05, 0.1) is 25.5 Å². The van der Waals surface area contributed by atoms with Crippen LogP contribution in [0.15, 0.2) is 29.1 Å². The lowest BCUT2D eigenvalue weighted by Crippen LogP contribution is -2.37. The molecule has 0 fully saturated rings. The van der Waals surface area contributed by atoms with Crippen LogP contribution in [0, 0.1) is 6.57 Å². The van der Waals surface area contributed by atoms with Gasteiger partial charge in [0, 0.05) is 12.1 Å². The first-order valence-corrected chi connectivity index (χ1v) is 7.94. The minimum absolute atomic E-state index is 0.0164. The van der Waals surface area contributed by atoms with Gasteiger partial charge in [-0.1, -0.05) is 24.3 Å². The summed E-state index contributed by atoms with van der Waals surface area (Å²) >= 11 is 0. The molecule has 2 aromatic rings. The van der Waals surface area contributed by atoms with Gasteiger partial charge in [0.25, 0.3) is 11.5 Å². The highest BCUT2D eigenvalue weighted by Crippen LogP contribution is 2.30. The molecule has 138 valence electrons. The van der Waals surface area contributed by atoms with Gasteiger partial charge in [0.1, 0.15) is 17.9 Å². The van der Waals surface area contributed by atoms with Crippen LogP contribution in [0.3, 0.4) is 0 Å². The van der Waals surface area contributed by atoms with Crippen molar-refractivity contribution in [2.24, 2.45) is 0 Å². The van der Waals surface area contributed by atoms with Crippen LogP contribution in [0.5, 0.6) is 5.75 Å². The number of aromatic nitrogens is 1. The van der Waals surface area contributed by atoms with Crippen molar-refractivity contribution in [1.82, 2.24) is 9.88 Å². The number of hydrogen-bond donors (Lipinski definition) is 3. The molecule has 1 aliphatic rings. The summed E-state index contributed by atoms with van der Waals surface area (Å²) in [6.07, 6.45) is 0. The van der Waals surface area contributed by atoms with Gasteiger partial charge in [-0.15, -0.1) is 0 Å². The third-order valence-electron chi connectivity index (χ3n) is 4.21. The largest absolute Gasteiger partial charge is 0.506 e. The van der Waals surface area contributed by atoms with E-state index in [0.717, 1.165) is 0 Å². The number of rotatable bonds is 5. The van der Waals surface area contributed by atoms with Crippen LogP contribution < -0.4 is 10.9 Å². The highest BCUT2D eigenvalue weighted by molar-refractivity contribution is 5.98. The maximum Gasteiger partial charge on any atom is 0.322 e. The van der Waals surface area contributed by atoms with Crippen LogP contribution in [0.25, 0.3) is 4.85 Å². The second-order valence-electron chi connectivity index (χ2n) is 5.85. The number of aliphatic carboxylic acids is 1. The molecule has 2 heterocycles. The number of carbonyl (C=O) groups excluding carboxylic acids is 1. The first-order chi connectivity index (χ1) is 12.9. The number of para-hydroxylation sites is 1. The fraction of sp³-hybridized carbons (Fsp3) is 0.222. The van der Waals surface area contributed by atoms with Crippen LogP contribution in [0.4, 0.5) is 5.69 Å². The van der Waals surface area contributed by atoms with Crippen LogP contribution in [0.1, 0.15) is 27.2 Å². The average Bonchev–Trinajstić information content (AvgIpc) is 3.14. The Balaban J connectivity index is 2.12. The molecule has 3 rings (SSSR count). The summed E-state index contributed by atoms with van der Waals surface area (Å²) in [6.45, 7) is 6.68. The Morgan fingerprint density at radius 1 is 1.30 bits per heavy atom. The summed E-state index contributed by atoms with van der Waals surface area (Å²) in [5, 5.41) is 21.2. The zero-order valence-electron chi connectivity index (χ0n) is 14.1. The number of hydrogen-bond acceptors (Lipinski definition) is 5. The zero-order valence-corrected chi connectivity index (χ0v) is 14.1. The molecule has 9 nitrogen and oxygen atoms in total. The molecule has 0 aliphatic carbocycles. The van der Waals surface area contributed by atoms with Crippen LogP contribution in [-0.2, 0) is 29.3 Å². The third kappa shape index (κ3) is 3.38. The fourth-order valence-electron chi connectivity index (χ4n) is 2.92. The van der Waals surface area contributed by atoms with Gasteiger partial charge in [-0.25, -0.2) is 4.85 Å². The molecule has 0 radical (unpaired) electrons.